The Morgan fingerprint density at radius 1 is 1.21 bits per heavy atom. The molecule has 2 heterocycles. The van der Waals surface area contributed by atoms with Crippen molar-refractivity contribution in [2.75, 3.05) is 19.6 Å². The Kier molecular flexibility index (Phi) is 5.34. The van der Waals surface area contributed by atoms with E-state index in [2.05, 4.69) is 48.1 Å². The predicted octanol–water partition coefficient (Wildman–Crippen LogP) is 2.85. The summed E-state index contributed by atoms with van der Waals surface area (Å²) in [7, 11) is 0. The molecule has 1 N–H and O–H groups in total. The molecular formula is C16H27N3. The summed E-state index contributed by atoms with van der Waals surface area (Å²) in [6.07, 6.45) is 6.28. The standard InChI is InChI=1S/C16H27N3/c1-13(2)12-19-10-6-16(7-11-19)18-14(3)15-4-8-17-9-5-15/h4-5,8-9,13-14,16,18H,6-7,10-12H2,1-3H3/t14-/m0/s1. The predicted molar refractivity (Wildman–Crippen MR) is 80.1 cm³/mol. The van der Waals surface area contributed by atoms with Crippen molar-refractivity contribution < 1.29 is 0 Å². The highest BCUT2D eigenvalue weighted by Gasteiger charge is 2.20. The van der Waals surface area contributed by atoms with Gasteiger partial charge in [-0.2, -0.15) is 0 Å². The molecule has 0 aliphatic carbocycles. The van der Waals surface area contributed by atoms with E-state index in [1.54, 1.807) is 0 Å². The molecule has 0 radical (unpaired) electrons. The Morgan fingerprint density at radius 2 is 1.84 bits per heavy atom. The summed E-state index contributed by atoms with van der Waals surface area (Å²) in [4.78, 5) is 6.67. The van der Waals surface area contributed by atoms with Crippen LogP contribution in [-0.4, -0.2) is 35.6 Å². The Morgan fingerprint density at radius 3 is 2.42 bits per heavy atom. The summed E-state index contributed by atoms with van der Waals surface area (Å²) in [5, 5.41) is 3.75. The number of aromatic nitrogens is 1. The average Bonchev–Trinajstić information content (AvgIpc) is 2.41. The van der Waals surface area contributed by atoms with Crippen molar-refractivity contribution in [2.24, 2.45) is 5.92 Å². The lowest BCUT2D eigenvalue weighted by atomic mass is 10.0. The van der Waals surface area contributed by atoms with E-state index in [0.717, 1.165) is 5.92 Å². The number of hydrogen-bond donors (Lipinski definition) is 1. The lowest BCUT2D eigenvalue weighted by Gasteiger charge is -2.34. The minimum absolute atomic E-state index is 0.421. The zero-order chi connectivity index (χ0) is 13.7. The van der Waals surface area contributed by atoms with E-state index in [1.165, 1.54) is 38.0 Å². The first-order valence-electron chi connectivity index (χ1n) is 7.53. The van der Waals surface area contributed by atoms with Gasteiger partial charge in [0.2, 0.25) is 0 Å². The first kappa shape index (κ1) is 14.5. The number of hydrogen-bond acceptors (Lipinski definition) is 3. The highest BCUT2D eigenvalue weighted by Crippen LogP contribution is 2.17. The zero-order valence-corrected chi connectivity index (χ0v) is 12.5. The van der Waals surface area contributed by atoms with Gasteiger partial charge in [0.1, 0.15) is 0 Å². The maximum atomic E-state index is 4.08. The number of piperidine rings is 1. The van der Waals surface area contributed by atoms with Crippen molar-refractivity contribution in [3.8, 4) is 0 Å². The van der Waals surface area contributed by atoms with Gasteiger partial charge < -0.3 is 10.2 Å². The Bertz CT molecular complexity index is 356. The molecule has 3 nitrogen and oxygen atoms in total. The van der Waals surface area contributed by atoms with Crippen molar-refractivity contribution in [1.82, 2.24) is 15.2 Å². The Labute approximate surface area is 117 Å². The summed E-state index contributed by atoms with van der Waals surface area (Å²) in [5.41, 5.74) is 1.33. The maximum absolute atomic E-state index is 4.08. The minimum atomic E-state index is 0.421. The number of nitrogens with zero attached hydrogens (tertiary/aromatic N) is 2. The molecular weight excluding hydrogens is 234 g/mol. The van der Waals surface area contributed by atoms with Gasteiger partial charge in [0.25, 0.3) is 0 Å². The number of pyridine rings is 1. The molecule has 3 heteroatoms. The second kappa shape index (κ2) is 7.01. The monoisotopic (exact) mass is 261 g/mol. The maximum Gasteiger partial charge on any atom is 0.0295 e. The van der Waals surface area contributed by atoms with Gasteiger partial charge in [-0.15, -0.1) is 0 Å². The van der Waals surface area contributed by atoms with Gasteiger partial charge in [-0.1, -0.05) is 13.8 Å². The second-order valence-corrected chi connectivity index (χ2v) is 6.14. The van der Waals surface area contributed by atoms with E-state index < -0.39 is 0 Å². The molecule has 0 spiro atoms. The molecule has 19 heavy (non-hydrogen) atoms. The third-order valence-electron chi connectivity index (χ3n) is 3.90. The van der Waals surface area contributed by atoms with Crippen molar-refractivity contribution in [2.45, 2.75) is 45.7 Å². The van der Waals surface area contributed by atoms with Gasteiger partial charge in [0.15, 0.2) is 0 Å². The molecule has 1 aliphatic rings. The van der Waals surface area contributed by atoms with Gasteiger partial charge >= 0.3 is 0 Å². The van der Waals surface area contributed by atoms with Crippen molar-refractivity contribution in [3.05, 3.63) is 30.1 Å². The topological polar surface area (TPSA) is 28.2 Å². The SMILES string of the molecule is CC(C)CN1CCC(N[C@@H](C)c2ccncc2)CC1. The quantitative estimate of drug-likeness (QED) is 0.883. The lowest BCUT2D eigenvalue weighted by Crippen LogP contribution is -2.44. The third kappa shape index (κ3) is 4.59. The molecule has 2 rings (SSSR count). The molecule has 1 aromatic rings. The Hall–Kier alpha value is -0.930. The van der Waals surface area contributed by atoms with Crippen LogP contribution in [0.3, 0.4) is 0 Å². The van der Waals surface area contributed by atoms with Crippen LogP contribution in [0.4, 0.5) is 0 Å². The summed E-state index contributed by atoms with van der Waals surface area (Å²) in [6, 6.07) is 5.29. The van der Waals surface area contributed by atoms with Crippen LogP contribution >= 0.6 is 0 Å². The third-order valence-corrected chi connectivity index (χ3v) is 3.90. The van der Waals surface area contributed by atoms with Crippen LogP contribution in [0.1, 0.15) is 45.2 Å². The van der Waals surface area contributed by atoms with E-state index in [4.69, 9.17) is 0 Å². The number of nitrogens with one attached hydrogen (secondary N) is 1. The van der Waals surface area contributed by atoms with E-state index in [1.807, 2.05) is 12.4 Å². The molecule has 0 amide bonds. The first-order chi connectivity index (χ1) is 9.15. The van der Waals surface area contributed by atoms with Crippen LogP contribution in [0, 0.1) is 5.92 Å². The highest BCUT2D eigenvalue weighted by atomic mass is 15.1. The first-order valence-corrected chi connectivity index (χ1v) is 7.53. The molecule has 1 aromatic heterocycles. The van der Waals surface area contributed by atoms with E-state index >= 15 is 0 Å². The van der Waals surface area contributed by atoms with E-state index in [-0.39, 0.29) is 0 Å². The van der Waals surface area contributed by atoms with E-state index in [0.29, 0.717) is 12.1 Å². The molecule has 0 bridgehead atoms. The molecule has 1 saturated heterocycles. The highest BCUT2D eigenvalue weighted by molar-refractivity contribution is 5.14. The average molecular weight is 261 g/mol. The fourth-order valence-electron chi connectivity index (χ4n) is 2.90. The van der Waals surface area contributed by atoms with Crippen LogP contribution in [0.5, 0.6) is 0 Å². The van der Waals surface area contributed by atoms with Crippen molar-refractivity contribution in [1.29, 1.82) is 0 Å². The van der Waals surface area contributed by atoms with Crippen molar-refractivity contribution in [3.63, 3.8) is 0 Å². The van der Waals surface area contributed by atoms with Gasteiger partial charge in [-0.05, 0) is 56.5 Å². The zero-order valence-electron chi connectivity index (χ0n) is 12.5. The van der Waals surface area contributed by atoms with Crippen molar-refractivity contribution >= 4 is 0 Å². The Balaban J connectivity index is 1.76. The second-order valence-electron chi connectivity index (χ2n) is 6.14. The molecule has 0 saturated carbocycles. The molecule has 0 unspecified atom stereocenters. The molecule has 1 fully saturated rings. The molecule has 0 aromatic carbocycles. The summed E-state index contributed by atoms with van der Waals surface area (Å²) >= 11 is 0. The smallest absolute Gasteiger partial charge is 0.0295 e. The fraction of sp³-hybridized carbons (Fsp3) is 0.688. The molecule has 1 aliphatic heterocycles. The summed E-state index contributed by atoms with van der Waals surface area (Å²) < 4.78 is 0. The number of likely N-dealkylation sites (tertiary alicyclic amines) is 1. The van der Waals surface area contributed by atoms with Crippen LogP contribution in [-0.2, 0) is 0 Å². The number of rotatable bonds is 5. The van der Waals surface area contributed by atoms with E-state index in [9.17, 15) is 0 Å². The molecule has 1 atom stereocenters. The van der Waals surface area contributed by atoms with Crippen LogP contribution in [0.15, 0.2) is 24.5 Å². The minimum Gasteiger partial charge on any atom is -0.307 e. The van der Waals surface area contributed by atoms with Crippen LogP contribution in [0.25, 0.3) is 0 Å². The summed E-state index contributed by atoms with van der Waals surface area (Å²) in [6.45, 7) is 10.6. The van der Waals surface area contributed by atoms with Crippen LogP contribution in [0.2, 0.25) is 0 Å². The normalized spacial score (nSPS) is 19.8. The van der Waals surface area contributed by atoms with Gasteiger partial charge in [-0.3, -0.25) is 4.98 Å². The summed E-state index contributed by atoms with van der Waals surface area (Å²) in [5.74, 6) is 0.778. The van der Waals surface area contributed by atoms with Gasteiger partial charge in [0.05, 0.1) is 0 Å². The van der Waals surface area contributed by atoms with Gasteiger partial charge in [-0.25, -0.2) is 0 Å². The lowest BCUT2D eigenvalue weighted by molar-refractivity contribution is 0.175. The molecule has 106 valence electrons. The largest absolute Gasteiger partial charge is 0.307 e. The fourth-order valence-corrected chi connectivity index (χ4v) is 2.90. The van der Waals surface area contributed by atoms with Crippen LogP contribution < -0.4 is 5.32 Å². The van der Waals surface area contributed by atoms with Gasteiger partial charge in [0, 0.05) is 31.0 Å².